The Kier molecular flexibility index (Phi) is 7.97. The van der Waals surface area contributed by atoms with Crippen molar-refractivity contribution in [2.75, 3.05) is 11.9 Å². The summed E-state index contributed by atoms with van der Waals surface area (Å²) in [4.78, 5) is 14.0. The predicted molar refractivity (Wildman–Crippen MR) is 124 cm³/mol. The molecule has 0 heterocycles. The third kappa shape index (κ3) is 5.88. The molecule has 1 amide bonds. The molecule has 28 heavy (non-hydrogen) atoms. The summed E-state index contributed by atoms with van der Waals surface area (Å²) >= 11 is 0. The van der Waals surface area contributed by atoms with Gasteiger partial charge in [0.25, 0.3) is 0 Å². The molecule has 0 saturated carbocycles. The SMILES string of the molecule is Cc1cc(C#C[Si](C(C)C)(C(C)C)C(C)C)cc(N(C)C(=O)OC(C)(C)C)c1. The summed E-state index contributed by atoms with van der Waals surface area (Å²) in [7, 11) is -0.0468. The first-order valence-corrected chi connectivity index (χ1v) is 12.6. The lowest BCUT2D eigenvalue weighted by atomic mass is 10.1. The van der Waals surface area contributed by atoms with Crippen molar-refractivity contribution in [1.82, 2.24) is 0 Å². The molecule has 156 valence electrons. The molecule has 1 rings (SSSR count). The number of hydrogen-bond donors (Lipinski definition) is 0. The minimum atomic E-state index is -1.79. The van der Waals surface area contributed by atoms with Crippen molar-refractivity contribution >= 4 is 19.9 Å². The molecule has 4 heteroatoms. The number of amides is 1. The number of carbonyl (C=O) groups is 1. The number of hydrogen-bond acceptors (Lipinski definition) is 2. The minimum absolute atomic E-state index is 0.354. The van der Waals surface area contributed by atoms with Crippen molar-refractivity contribution in [2.24, 2.45) is 0 Å². The summed E-state index contributed by atoms with van der Waals surface area (Å²) in [5, 5.41) is 0. The number of aryl methyl sites for hydroxylation is 1. The molecule has 0 aliphatic carbocycles. The molecule has 0 aromatic heterocycles. The Hall–Kier alpha value is -1.73. The maximum absolute atomic E-state index is 12.4. The summed E-state index contributed by atoms with van der Waals surface area (Å²) in [6.07, 6.45) is -0.354. The van der Waals surface area contributed by atoms with Gasteiger partial charge in [0.2, 0.25) is 0 Å². The summed E-state index contributed by atoms with van der Waals surface area (Å²) in [6.45, 7) is 21.6. The summed E-state index contributed by atoms with van der Waals surface area (Å²) in [6, 6.07) is 6.08. The van der Waals surface area contributed by atoms with Gasteiger partial charge in [0.05, 0.1) is 0 Å². The average molecular weight is 402 g/mol. The third-order valence-corrected chi connectivity index (χ3v) is 11.7. The molecule has 0 atom stereocenters. The van der Waals surface area contributed by atoms with Crippen molar-refractivity contribution < 1.29 is 9.53 Å². The quantitative estimate of drug-likeness (QED) is 0.404. The largest absolute Gasteiger partial charge is 0.443 e. The molecule has 0 unspecified atom stereocenters. The van der Waals surface area contributed by atoms with Crippen LogP contribution in [0.15, 0.2) is 18.2 Å². The first-order chi connectivity index (χ1) is 12.7. The van der Waals surface area contributed by atoms with Gasteiger partial charge in [0.1, 0.15) is 13.7 Å². The molecule has 0 fully saturated rings. The van der Waals surface area contributed by atoms with Crippen LogP contribution in [0.25, 0.3) is 0 Å². The first-order valence-electron chi connectivity index (χ1n) is 10.3. The highest BCUT2D eigenvalue weighted by molar-refractivity contribution is 6.90. The van der Waals surface area contributed by atoms with Gasteiger partial charge < -0.3 is 4.74 Å². The molecular weight excluding hydrogens is 362 g/mol. The van der Waals surface area contributed by atoms with Gasteiger partial charge in [-0.25, -0.2) is 4.79 Å². The standard InChI is InChI=1S/C24H39NO2Si/c1-17(2)28(18(3)4,19(5)6)13-12-21-14-20(7)15-22(16-21)25(11)23(26)27-24(8,9)10/h14-19H,1-11H3. The van der Waals surface area contributed by atoms with E-state index in [0.717, 1.165) is 16.8 Å². The van der Waals surface area contributed by atoms with Crippen molar-refractivity contribution in [3.05, 3.63) is 29.3 Å². The van der Waals surface area contributed by atoms with E-state index in [1.54, 1.807) is 11.9 Å². The van der Waals surface area contributed by atoms with Gasteiger partial charge in [-0.1, -0.05) is 47.5 Å². The Bertz CT molecular complexity index is 726. The molecular formula is C24H39NO2Si. The van der Waals surface area contributed by atoms with E-state index in [2.05, 4.69) is 59.1 Å². The number of ether oxygens (including phenoxy) is 1. The van der Waals surface area contributed by atoms with Crippen molar-refractivity contribution in [2.45, 2.75) is 91.5 Å². The molecule has 0 aliphatic heterocycles. The van der Waals surface area contributed by atoms with E-state index in [0.29, 0.717) is 16.6 Å². The minimum Gasteiger partial charge on any atom is -0.443 e. The predicted octanol–water partition coefficient (Wildman–Crippen LogP) is 6.94. The van der Waals surface area contributed by atoms with E-state index in [1.807, 2.05) is 39.8 Å². The number of rotatable bonds is 4. The molecule has 0 N–H and O–H groups in total. The average Bonchev–Trinajstić information content (AvgIpc) is 2.51. The number of carbonyl (C=O) groups excluding carboxylic acids is 1. The zero-order valence-electron chi connectivity index (χ0n) is 19.7. The second-order valence-corrected chi connectivity index (χ2v) is 15.3. The Morgan fingerprint density at radius 2 is 1.50 bits per heavy atom. The number of anilines is 1. The van der Waals surface area contributed by atoms with E-state index in [-0.39, 0.29) is 6.09 Å². The van der Waals surface area contributed by atoms with Crippen LogP contribution in [0.3, 0.4) is 0 Å². The van der Waals surface area contributed by atoms with E-state index >= 15 is 0 Å². The molecule has 0 bridgehead atoms. The van der Waals surface area contributed by atoms with Gasteiger partial charge in [-0.15, -0.1) is 5.54 Å². The highest BCUT2D eigenvalue weighted by Gasteiger charge is 2.41. The summed E-state index contributed by atoms with van der Waals surface area (Å²) in [5.41, 5.74) is 7.88. The Balaban J connectivity index is 3.33. The molecule has 1 aromatic carbocycles. The van der Waals surface area contributed by atoms with Crippen LogP contribution in [0.5, 0.6) is 0 Å². The van der Waals surface area contributed by atoms with Crippen LogP contribution in [0, 0.1) is 18.4 Å². The second-order valence-electron chi connectivity index (χ2n) is 9.74. The van der Waals surface area contributed by atoms with Crippen molar-refractivity contribution in [3.63, 3.8) is 0 Å². The lowest BCUT2D eigenvalue weighted by Crippen LogP contribution is -2.43. The molecule has 0 aliphatic rings. The fourth-order valence-electron chi connectivity index (χ4n) is 4.08. The fourth-order valence-corrected chi connectivity index (χ4v) is 9.30. The highest BCUT2D eigenvalue weighted by Crippen LogP contribution is 2.40. The molecule has 3 nitrogen and oxygen atoms in total. The summed E-state index contributed by atoms with van der Waals surface area (Å²) < 4.78 is 5.50. The van der Waals surface area contributed by atoms with Gasteiger partial charge >= 0.3 is 6.09 Å². The van der Waals surface area contributed by atoms with Crippen LogP contribution < -0.4 is 4.90 Å². The van der Waals surface area contributed by atoms with Crippen LogP contribution in [0.2, 0.25) is 16.6 Å². The van der Waals surface area contributed by atoms with Gasteiger partial charge in [0.15, 0.2) is 0 Å². The smallest absolute Gasteiger partial charge is 0.414 e. The zero-order chi connectivity index (χ0) is 21.9. The van der Waals surface area contributed by atoms with E-state index in [9.17, 15) is 4.79 Å². The Labute approximate surface area is 173 Å². The van der Waals surface area contributed by atoms with Crippen molar-refractivity contribution in [1.29, 1.82) is 0 Å². The Morgan fingerprint density at radius 1 is 1.00 bits per heavy atom. The monoisotopic (exact) mass is 401 g/mol. The topological polar surface area (TPSA) is 29.5 Å². The lowest BCUT2D eigenvalue weighted by molar-refractivity contribution is 0.0589. The number of benzene rings is 1. The number of nitrogens with zero attached hydrogens (tertiary/aromatic N) is 1. The molecule has 0 radical (unpaired) electrons. The van der Waals surface area contributed by atoms with Crippen LogP contribution >= 0.6 is 0 Å². The van der Waals surface area contributed by atoms with Gasteiger partial charge in [-0.05, 0) is 68.1 Å². The third-order valence-electron chi connectivity index (χ3n) is 5.41. The van der Waals surface area contributed by atoms with Gasteiger partial charge in [0, 0.05) is 18.3 Å². The fraction of sp³-hybridized carbons (Fsp3) is 0.625. The van der Waals surface area contributed by atoms with Crippen LogP contribution in [-0.2, 0) is 4.74 Å². The Morgan fingerprint density at radius 3 is 1.93 bits per heavy atom. The second kappa shape index (κ2) is 9.18. The first kappa shape index (κ1) is 24.3. The molecule has 0 spiro atoms. The maximum Gasteiger partial charge on any atom is 0.414 e. The van der Waals surface area contributed by atoms with Crippen LogP contribution in [-0.4, -0.2) is 26.8 Å². The lowest BCUT2D eigenvalue weighted by Gasteiger charge is -2.38. The van der Waals surface area contributed by atoms with Crippen molar-refractivity contribution in [3.8, 4) is 11.5 Å². The highest BCUT2D eigenvalue weighted by atomic mass is 28.3. The van der Waals surface area contributed by atoms with Crippen LogP contribution in [0.4, 0.5) is 10.5 Å². The maximum atomic E-state index is 12.4. The zero-order valence-corrected chi connectivity index (χ0v) is 20.7. The van der Waals surface area contributed by atoms with E-state index < -0.39 is 13.7 Å². The van der Waals surface area contributed by atoms with E-state index in [4.69, 9.17) is 4.74 Å². The van der Waals surface area contributed by atoms with Gasteiger partial charge in [-0.2, -0.15) is 0 Å². The van der Waals surface area contributed by atoms with E-state index in [1.165, 1.54) is 0 Å². The van der Waals surface area contributed by atoms with Crippen LogP contribution in [0.1, 0.15) is 73.4 Å². The molecule has 0 saturated heterocycles. The normalized spacial score (nSPS) is 12.2. The molecule has 1 aromatic rings. The summed E-state index contributed by atoms with van der Waals surface area (Å²) in [5.74, 6) is 3.49. The van der Waals surface area contributed by atoms with Gasteiger partial charge in [-0.3, -0.25) is 4.90 Å².